The number of anilines is 6. The molecule has 0 saturated heterocycles. The number of aryl methyl sites for hydroxylation is 2. The van der Waals surface area contributed by atoms with Crippen molar-refractivity contribution in [2.24, 2.45) is 0 Å². The van der Waals surface area contributed by atoms with Gasteiger partial charge in [-0.3, -0.25) is 33.5 Å². The van der Waals surface area contributed by atoms with Crippen LogP contribution in [0.1, 0.15) is 111 Å². The van der Waals surface area contributed by atoms with Gasteiger partial charge in [-0.05, 0) is 101 Å². The number of methoxy groups -OCH3 is 1. The van der Waals surface area contributed by atoms with Crippen molar-refractivity contribution in [1.82, 2.24) is 44.5 Å². The fourth-order valence-electron chi connectivity index (χ4n) is 9.01. The number of nitriles is 2. The largest absolute Gasteiger partial charge is 0.469 e. The minimum absolute atomic E-state index is 0.0356. The van der Waals surface area contributed by atoms with E-state index in [1.165, 1.54) is 7.11 Å². The molecule has 412 valence electrons. The molecule has 0 bridgehead atoms. The molecule has 0 aliphatic rings. The molecule has 4 aromatic carbocycles. The lowest BCUT2D eigenvalue weighted by atomic mass is 10.1. The van der Waals surface area contributed by atoms with Crippen molar-refractivity contribution >= 4 is 68.6 Å². The molecule has 8 aromatic rings. The molecule has 8 rings (SSSR count). The van der Waals surface area contributed by atoms with Crippen molar-refractivity contribution < 1.29 is 19.5 Å². The maximum atomic E-state index is 14.2. The Kier molecular flexibility index (Phi) is 19.7. The van der Waals surface area contributed by atoms with Gasteiger partial charge in [0, 0.05) is 37.3 Å². The number of hydroxylamine groups is 1. The van der Waals surface area contributed by atoms with Crippen molar-refractivity contribution in [2.75, 3.05) is 52.9 Å². The van der Waals surface area contributed by atoms with Crippen molar-refractivity contribution in [3.8, 4) is 23.5 Å². The SMILES string of the molecule is CC[C@H](Nc1nc(N)nc(C)c1C#N)c1nc2cccc(NCCCCC(=O)NO)c2c(=O)n1-c1ccccc1.CC[C@H](Nc1nc(N)nc(C)c1C#N)c1nc2cccc(NCCCCC(=O)OC)c2c(=O)n1-c1ccccc1. The highest BCUT2D eigenvalue weighted by atomic mass is 16.5. The van der Waals surface area contributed by atoms with E-state index in [4.69, 9.17) is 31.4 Å². The van der Waals surface area contributed by atoms with Crippen LogP contribution in [0, 0.1) is 36.5 Å². The second-order valence-corrected chi connectivity index (χ2v) is 18.4. The lowest BCUT2D eigenvalue weighted by Gasteiger charge is -2.23. The fraction of sp³-hybridized carbons (Fsp3) is 0.298. The zero-order chi connectivity index (χ0) is 57.3. The van der Waals surface area contributed by atoms with Gasteiger partial charge in [0.25, 0.3) is 11.1 Å². The van der Waals surface area contributed by atoms with Crippen LogP contribution in [0.15, 0.2) is 107 Å². The molecule has 2 atom stereocenters. The van der Waals surface area contributed by atoms with Crippen LogP contribution in [0.3, 0.4) is 0 Å². The molecule has 0 fully saturated rings. The van der Waals surface area contributed by atoms with Crippen LogP contribution >= 0.6 is 0 Å². The van der Waals surface area contributed by atoms with Gasteiger partial charge in [-0.15, -0.1) is 0 Å². The first-order chi connectivity index (χ1) is 38.7. The number of unbranched alkanes of at least 4 members (excludes halogenated alkanes) is 2. The van der Waals surface area contributed by atoms with E-state index in [1.54, 1.807) is 40.6 Å². The third-order valence-corrected chi connectivity index (χ3v) is 13.0. The first kappa shape index (κ1) is 57.7. The standard InChI is InChI=1S/C29H32N8O3.C28H31N9O3/c1-4-21(34-26-20(17-30)18(2)33-29(31)36-26)27-35-23-14-10-13-22(32-16-9-8-15-24(38)40-3)25(23)28(39)37(27)19-11-6-5-7-12-19;1-3-20(33-25-19(16-29)17(2)32-28(30)35-25)26-34-22-13-9-12-21(31-15-8-7-14-23(38)36-40)24(22)27(39)37(26)18-10-5-4-6-11-18/h5-7,10-14,21,32H,4,8-9,15-16H2,1-3H3,(H3,31,33,34,36);4-6,9-13,20,31,40H,3,7-8,14-15H2,1-2H3,(H,36,38)(H3,30,32,33,35)/t21-;20-/m00/s1. The molecular weight excluding hydrogens is 1020 g/mol. The third-order valence-electron chi connectivity index (χ3n) is 13.0. The Morgan fingerprint density at radius 3 is 1.43 bits per heavy atom. The molecule has 80 heavy (non-hydrogen) atoms. The van der Waals surface area contributed by atoms with Gasteiger partial charge in [0.2, 0.25) is 17.8 Å². The molecule has 10 N–H and O–H groups in total. The molecule has 0 aliphatic carbocycles. The summed E-state index contributed by atoms with van der Waals surface area (Å²) in [5.74, 6) is 0.893. The van der Waals surface area contributed by atoms with E-state index in [0.717, 1.165) is 6.42 Å². The number of hydrogen-bond donors (Lipinski definition) is 8. The number of hydrogen-bond acceptors (Lipinski definition) is 20. The van der Waals surface area contributed by atoms with E-state index in [2.05, 4.69) is 53.3 Å². The Morgan fingerprint density at radius 2 is 1.04 bits per heavy atom. The quantitative estimate of drug-likeness (QED) is 0.0139. The fourth-order valence-corrected chi connectivity index (χ4v) is 9.01. The Hall–Kier alpha value is -10.0. The summed E-state index contributed by atoms with van der Waals surface area (Å²) in [6, 6.07) is 32.8. The molecule has 23 nitrogen and oxygen atoms in total. The van der Waals surface area contributed by atoms with E-state index >= 15 is 0 Å². The van der Waals surface area contributed by atoms with Gasteiger partial charge in [0.05, 0.1) is 63.8 Å². The Morgan fingerprint density at radius 1 is 0.613 bits per heavy atom. The van der Waals surface area contributed by atoms with Crippen molar-refractivity contribution in [3.63, 3.8) is 0 Å². The number of carbonyl (C=O) groups excluding carboxylic acids is 2. The molecule has 0 spiro atoms. The van der Waals surface area contributed by atoms with Crippen LogP contribution in [0.4, 0.5) is 34.9 Å². The summed E-state index contributed by atoms with van der Waals surface area (Å²) in [6.45, 7) is 8.39. The molecule has 0 saturated carbocycles. The van der Waals surface area contributed by atoms with Crippen molar-refractivity contribution in [3.05, 3.63) is 152 Å². The first-order valence-electron chi connectivity index (χ1n) is 26.1. The summed E-state index contributed by atoms with van der Waals surface area (Å²) < 4.78 is 7.87. The number of carbonyl (C=O) groups is 2. The Bertz CT molecular complexity index is 3470. The highest BCUT2D eigenvalue weighted by Gasteiger charge is 2.26. The van der Waals surface area contributed by atoms with Gasteiger partial charge < -0.3 is 37.5 Å². The van der Waals surface area contributed by atoms with Crippen LogP contribution in [-0.4, -0.2) is 76.3 Å². The lowest BCUT2D eigenvalue weighted by Crippen LogP contribution is -2.29. The number of amides is 1. The molecule has 1 amide bonds. The predicted octanol–water partition coefficient (Wildman–Crippen LogP) is 7.85. The van der Waals surface area contributed by atoms with Crippen LogP contribution in [-0.2, 0) is 14.3 Å². The number of ether oxygens (including phenoxy) is 1. The lowest BCUT2D eigenvalue weighted by molar-refractivity contribution is -0.140. The summed E-state index contributed by atoms with van der Waals surface area (Å²) >= 11 is 0. The topological polar surface area (TPSA) is 345 Å². The zero-order valence-electron chi connectivity index (χ0n) is 45.1. The Balaban J connectivity index is 0.000000231. The molecule has 0 radical (unpaired) electrons. The highest BCUT2D eigenvalue weighted by molar-refractivity contribution is 5.92. The third kappa shape index (κ3) is 13.6. The summed E-state index contributed by atoms with van der Waals surface area (Å²) in [7, 11) is 1.38. The van der Waals surface area contributed by atoms with Crippen LogP contribution in [0.2, 0.25) is 0 Å². The van der Waals surface area contributed by atoms with Crippen molar-refractivity contribution in [1.29, 1.82) is 10.5 Å². The molecule has 23 heteroatoms. The van der Waals surface area contributed by atoms with Crippen LogP contribution in [0.5, 0.6) is 0 Å². The monoisotopic (exact) mass is 1080 g/mol. The molecule has 0 unspecified atom stereocenters. The summed E-state index contributed by atoms with van der Waals surface area (Å²) in [6.07, 6.45) is 4.24. The Labute approximate surface area is 461 Å². The minimum atomic E-state index is -0.493. The molecule has 4 aromatic heterocycles. The van der Waals surface area contributed by atoms with E-state index in [0.29, 0.717) is 119 Å². The average molecular weight is 1080 g/mol. The van der Waals surface area contributed by atoms with E-state index in [1.807, 2.05) is 98.8 Å². The van der Waals surface area contributed by atoms with E-state index < -0.39 is 18.0 Å². The maximum Gasteiger partial charge on any atom is 0.305 e. The molecule has 4 heterocycles. The maximum absolute atomic E-state index is 14.2. The number of nitrogen functional groups attached to an aromatic ring is 2. The first-order valence-corrected chi connectivity index (χ1v) is 26.1. The normalized spacial score (nSPS) is 11.6. The second kappa shape index (κ2) is 27.4. The van der Waals surface area contributed by atoms with Gasteiger partial charge in [-0.2, -0.15) is 20.5 Å². The number of nitrogens with two attached hydrogens (primary N) is 2. The number of para-hydroxylation sites is 2. The van der Waals surface area contributed by atoms with Gasteiger partial charge in [0.15, 0.2) is 0 Å². The minimum Gasteiger partial charge on any atom is -0.469 e. The van der Waals surface area contributed by atoms with Crippen LogP contribution in [0.25, 0.3) is 33.2 Å². The zero-order valence-corrected chi connectivity index (χ0v) is 45.1. The van der Waals surface area contributed by atoms with Crippen LogP contribution < -0.4 is 49.3 Å². The summed E-state index contributed by atoms with van der Waals surface area (Å²) in [5.41, 5.74) is 18.0. The average Bonchev–Trinajstić information content (AvgIpc) is 3.46. The summed E-state index contributed by atoms with van der Waals surface area (Å²) in [4.78, 5) is 77.6. The number of esters is 1. The number of nitrogens with one attached hydrogen (secondary N) is 5. The number of fused-ring (bicyclic) bond motifs is 2. The number of nitrogens with zero attached hydrogens (tertiary/aromatic N) is 10. The highest BCUT2D eigenvalue weighted by Crippen LogP contribution is 2.30. The summed E-state index contributed by atoms with van der Waals surface area (Å²) in [5, 5.41) is 42.2. The van der Waals surface area contributed by atoms with E-state index in [-0.39, 0.29) is 58.2 Å². The van der Waals surface area contributed by atoms with Gasteiger partial charge in [-0.25, -0.2) is 25.4 Å². The van der Waals surface area contributed by atoms with Gasteiger partial charge in [-0.1, -0.05) is 62.4 Å². The van der Waals surface area contributed by atoms with E-state index in [9.17, 15) is 29.7 Å². The smallest absolute Gasteiger partial charge is 0.305 e. The van der Waals surface area contributed by atoms with Gasteiger partial charge >= 0.3 is 5.97 Å². The van der Waals surface area contributed by atoms with Crippen molar-refractivity contribution in [2.45, 2.75) is 91.1 Å². The number of benzene rings is 4. The predicted molar refractivity (Wildman–Crippen MR) is 306 cm³/mol. The second-order valence-electron chi connectivity index (χ2n) is 18.4. The molecule has 0 aliphatic heterocycles. The number of aromatic nitrogens is 8. The molecular formula is C57H63N17O6. The number of rotatable bonds is 22. The van der Waals surface area contributed by atoms with Gasteiger partial charge in [0.1, 0.15) is 46.5 Å².